The van der Waals surface area contributed by atoms with E-state index >= 15 is 0 Å². The van der Waals surface area contributed by atoms with E-state index in [1.165, 1.54) is 6.92 Å². The van der Waals surface area contributed by atoms with Crippen molar-refractivity contribution in [1.82, 2.24) is 4.90 Å². The Labute approximate surface area is 99.8 Å². The third-order valence-electron chi connectivity index (χ3n) is 3.54. The molecule has 0 bridgehead atoms. The van der Waals surface area contributed by atoms with Crippen molar-refractivity contribution in [3.63, 3.8) is 0 Å². The highest BCUT2D eigenvalue weighted by Gasteiger charge is 2.56. The first-order valence-electron chi connectivity index (χ1n) is 5.38. The lowest BCUT2D eigenvalue weighted by Gasteiger charge is -2.43. The molecular formula is C11H18N2O4. The van der Waals surface area contributed by atoms with E-state index in [2.05, 4.69) is 0 Å². The number of rotatable bonds is 2. The highest BCUT2D eigenvalue weighted by atomic mass is 16.3. The molecule has 6 heteroatoms. The van der Waals surface area contributed by atoms with E-state index in [0.29, 0.717) is 0 Å². The molecule has 0 aromatic heterocycles. The summed E-state index contributed by atoms with van der Waals surface area (Å²) < 4.78 is 0. The van der Waals surface area contributed by atoms with Crippen LogP contribution in [0, 0.1) is 11.8 Å². The lowest BCUT2D eigenvalue weighted by molar-refractivity contribution is -0.165. The zero-order valence-electron chi connectivity index (χ0n) is 10.4. The summed E-state index contributed by atoms with van der Waals surface area (Å²) in [5.74, 6) is -4.48. The van der Waals surface area contributed by atoms with E-state index in [9.17, 15) is 19.5 Å². The monoisotopic (exact) mass is 242 g/mol. The summed E-state index contributed by atoms with van der Waals surface area (Å²) in [4.78, 5) is 36.7. The maximum atomic E-state index is 12.0. The Balaban J connectivity index is 3.27. The lowest BCUT2D eigenvalue weighted by Crippen LogP contribution is -2.65. The topological polar surface area (TPSA) is 101 Å². The molecule has 0 aromatic carbocycles. The predicted molar refractivity (Wildman–Crippen MR) is 60.0 cm³/mol. The van der Waals surface area contributed by atoms with Crippen LogP contribution >= 0.6 is 0 Å². The number of hydrogen-bond acceptors (Lipinski definition) is 5. The van der Waals surface area contributed by atoms with Crippen LogP contribution in [0.4, 0.5) is 0 Å². The molecule has 0 heterocycles. The number of likely N-dealkylation sites (N-methyl/N-ethyl adjacent to an activating group) is 1. The molecule has 17 heavy (non-hydrogen) atoms. The summed E-state index contributed by atoms with van der Waals surface area (Å²) in [7, 11) is 3.31. The van der Waals surface area contributed by atoms with Crippen molar-refractivity contribution in [2.75, 3.05) is 14.1 Å². The van der Waals surface area contributed by atoms with Crippen LogP contribution in [0.2, 0.25) is 0 Å². The van der Waals surface area contributed by atoms with Gasteiger partial charge in [0.25, 0.3) is 0 Å². The van der Waals surface area contributed by atoms with Crippen LogP contribution in [0.3, 0.4) is 0 Å². The minimum atomic E-state index is -1.72. The van der Waals surface area contributed by atoms with Gasteiger partial charge in [0.1, 0.15) is 5.60 Å². The Hall–Kier alpha value is -1.27. The quantitative estimate of drug-likeness (QED) is 0.577. The zero-order chi connectivity index (χ0) is 13.5. The van der Waals surface area contributed by atoms with Gasteiger partial charge in [-0.25, -0.2) is 0 Å². The van der Waals surface area contributed by atoms with Crippen molar-refractivity contribution in [3.8, 4) is 0 Å². The Morgan fingerprint density at radius 3 is 2.24 bits per heavy atom. The molecule has 1 aliphatic carbocycles. The van der Waals surface area contributed by atoms with Crippen molar-refractivity contribution >= 4 is 17.5 Å². The molecule has 4 atom stereocenters. The lowest BCUT2D eigenvalue weighted by atomic mass is 9.67. The third-order valence-corrected chi connectivity index (χ3v) is 3.54. The number of carbonyl (C=O) groups is 3. The van der Waals surface area contributed by atoms with Crippen molar-refractivity contribution < 1.29 is 19.5 Å². The molecule has 1 aliphatic rings. The first-order chi connectivity index (χ1) is 7.62. The van der Waals surface area contributed by atoms with Crippen molar-refractivity contribution in [3.05, 3.63) is 0 Å². The number of nitrogens with two attached hydrogens (primary N) is 1. The smallest absolute Gasteiger partial charge is 0.235 e. The van der Waals surface area contributed by atoms with Gasteiger partial charge in [0.15, 0.2) is 17.5 Å². The summed E-state index contributed by atoms with van der Waals surface area (Å²) in [5.41, 5.74) is 3.35. The summed E-state index contributed by atoms with van der Waals surface area (Å²) in [6, 6.07) is -0.694. The van der Waals surface area contributed by atoms with Gasteiger partial charge in [0.2, 0.25) is 5.91 Å². The fourth-order valence-electron chi connectivity index (χ4n) is 2.34. The van der Waals surface area contributed by atoms with Crippen molar-refractivity contribution in [2.45, 2.75) is 25.5 Å². The van der Waals surface area contributed by atoms with Crippen molar-refractivity contribution in [1.29, 1.82) is 0 Å². The van der Waals surface area contributed by atoms with Crippen LogP contribution in [-0.2, 0) is 14.4 Å². The number of Topliss-reactive ketones (excluding diaryl/α,β-unsaturated/α-hetero) is 2. The number of ketones is 2. The number of hydrogen-bond donors (Lipinski definition) is 2. The van der Waals surface area contributed by atoms with E-state index in [1.807, 2.05) is 0 Å². The first kappa shape index (κ1) is 13.8. The summed E-state index contributed by atoms with van der Waals surface area (Å²) in [6.45, 7) is 2.93. The van der Waals surface area contributed by atoms with E-state index in [0.717, 1.165) is 0 Å². The fraction of sp³-hybridized carbons (Fsp3) is 0.727. The predicted octanol–water partition coefficient (Wildman–Crippen LogP) is -1.44. The number of amides is 1. The first-order valence-corrected chi connectivity index (χ1v) is 5.38. The van der Waals surface area contributed by atoms with Crippen LogP contribution in [0.15, 0.2) is 0 Å². The van der Waals surface area contributed by atoms with E-state index in [4.69, 9.17) is 5.73 Å². The van der Waals surface area contributed by atoms with E-state index in [-0.39, 0.29) is 0 Å². The van der Waals surface area contributed by atoms with Crippen LogP contribution in [0.5, 0.6) is 0 Å². The standard InChI is InChI=1S/C11H18N2O4/c1-5-7(13(3)4)8(14)6(10(12)16)9(15)11(5,2)17/h5-7,17H,1-4H3,(H2,12,16). The van der Waals surface area contributed by atoms with Gasteiger partial charge in [-0.15, -0.1) is 0 Å². The minimum Gasteiger partial charge on any atom is -0.382 e. The second kappa shape index (κ2) is 4.19. The second-order valence-electron chi connectivity index (χ2n) is 4.95. The number of primary amides is 1. The van der Waals surface area contributed by atoms with Gasteiger partial charge >= 0.3 is 0 Å². The van der Waals surface area contributed by atoms with Gasteiger partial charge in [-0.3, -0.25) is 19.3 Å². The van der Waals surface area contributed by atoms with Gasteiger partial charge in [0, 0.05) is 5.92 Å². The fourth-order valence-corrected chi connectivity index (χ4v) is 2.34. The molecule has 0 saturated heterocycles. The number of aliphatic hydroxyl groups is 1. The molecule has 0 radical (unpaired) electrons. The number of carbonyl (C=O) groups excluding carboxylic acids is 3. The van der Waals surface area contributed by atoms with Crippen LogP contribution in [0.25, 0.3) is 0 Å². The SMILES string of the molecule is CC1C(N(C)C)C(=O)C(C(N)=O)C(=O)C1(C)O. The van der Waals surface area contributed by atoms with E-state index < -0.39 is 41.0 Å². The molecule has 4 unspecified atom stereocenters. The molecule has 1 rings (SSSR count). The Bertz CT molecular complexity index is 376. The second-order valence-corrected chi connectivity index (χ2v) is 4.95. The highest BCUT2D eigenvalue weighted by molar-refractivity contribution is 6.23. The third kappa shape index (κ3) is 1.98. The molecule has 0 aromatic rings. The molecule has 0 aliphatic heterocycles. The van der Waals surface area contributed by atoms with Crippen LogP contribution < -0.4 is 5.73 Å². The summed E-state index contributed by atoms with van der Waals surface area (Å²) in [6.07, 6.45) is 0. The molecule has 0 spiro atoms. The Morgan fingerprint density at radius 1 is 1.41 bits per heavy atom. The summed E-state index contributed by atoms with van der Waals surface area (Å²) in [5, 5.41) is 10.1. The Kier molecular flexibility index (Phi) is 3.40. The number of nitrogens with zero attached hydrogens (tertiary/aromatic N) is 1. The molecule has 1 amide bonds. The molecule has 1 fully saturated rings. The van der Waals surface area contributed by atoms with E-state index in [1.54, 1.807) is 25.9 Å². The molecule has 1 saturated carbocycles. The minimum absolute atomic E-state index is 0.536. The molecular weight excluding hydrogens is 224 g/mol. The van der Waals surface area contributed by atoms with Crippen LogP contribution in [0.1, 0.15) is 13.8 Å². The molecule has 6 nitrogen and oxygen atoms in total. The van der Waals surface area contributed by atoms with Gasteiger partial charge in [0.05, 0.1) is 6.04 Å². The zero-order valence-corrected chi connectivity index (χ0v) is 10.4. The van der Waals surface area contributed by atoms with Crippen LogP contribution in [-0.4, -0.2) is 53.2 Å². The normalized spacial score (nSPS) is 38.6. The van der Waals surface area contributed by atoms with Gasteiger partial charge in [-0.1, -0.05) is 6.92 Å². The maximum absolute atomic E-state index is 12.0. The largest absolute Gasteiger partial charge is 0.382 e. The Morgan fingerprint density at radius 2 is 1.88 bits per heavy atom. The van der Waals surface area contributed by atoms with Gasteiger partial charge in [-0.2, -0.15) is 0 Å². The highest BCUT2D eigenvalue weighted by Crippen LogP contribution is 2.34. The van der Waals surface area contributed by atoms with Gasteiger partial charge < -0.3 is 10.8 Å². The average molecular weight is 242 g/mol. The summed E-state index contributed by atoms with van der Waals surface area (Å²) >= 11 is 0. The molecule has 96 valence electrons. The molecule has 3 N–H and O–H groups in total. The average Bonchev–Trinajstić information content (AvgIpc) is 2.14. The maximum Gasteiger partial charge on any atom is 0.235 e. The van der Waals surface area contributed by atoms with Gasteiger partial charge in [-0.05, 0) is 21.0 Å². The van der Waals surface area contributed by atoms with Crippen molar-refractivity contribution in [2.24, 2.45) is 17.6 Å².